The maximum Gasteiger partial charge on any atom is 0.191 e. The maximum atomic E-state index is 9.31. The number of aliphatic imine (C=N–C) groups is 1. The second-order valence-corrected chi connectivity index (χ2v) is 7.10. The second kappa shape index (κ2) is 15.4. The van der Waals surface area contributed by atoms with Gasteiger partial charge in [0.05, 0.1) is 27.9 Å². The molecular formula is C21H38IN3O4. The highest BCUT2D eigenvalue weighted by Gasteiger charge is 2.13. The van der Waals surface area contributed by atoms with Gasteiger partial charge in [0.15, 0.2) is 17.5 Å². The lowest BCUT2D eigenvalue weighted by Gasteiger charge is -2.20. The van der Waals surface area contributed by atoms with E-state index < -0.39 is 0 Å². The van der Waals surface area contributed by atoms with Crippen LogP contribution in [0.15, 0.2) is 17.1 Å². The Balaban J connectivity index is 0.00000784. The van der Waals surface area contributed by atoms with E-state index >= 15 is 0 Å². The van der Waals surface area contributed by atoms with E-state index in [-0.39, 0.29) is 30.6 Å². The largest absolute Gasteiger partial charge is 0.496 e. The smallest absolute Gasteiger partial charge is 0.191 e. The maximum absolute atomic E-state index is 9.31. The van der Waals surface area contributed by atoms with Gasteiger partial charge in [-0.15, -0.1) is 24.0 Å². The van der Waals surface area contributed by atoms with Crippen molar-refractivity contribution in [2.45, 2.75) is 40.2 Å². The SMILES string of the molecule is CCNC(=NCc1cc(OC)c(OC)cc1OC)NCC(CCO)CC(C)C.I. The molecule has 0 aliphatic rings. The fourth-order valence-electron chi connectivity index (χ4n) is 3.12. The second-order valence-electron chi connectivity index (χ2n) is 7.10. The molecule has 0 aliphatic heterocycles. The van der Waals surface area contributed by atoms with Gasteiger partial charge in [0.25, 0.3) is 0 Å². The minimum Gasteiger partial charge on any atom is -0.496 e. The number of nitrogens with one attached hydrogen (secondary N) is 2. The Bertz CT molecular complexity index is 612. The molecule has 0 bridgehead atoms. The van der Waals surface area contributed by atoms with Crippen LogP contribution in [0.4, 0.5) is 0 Å². The van der Waals surface area contributed by atoms with E-state index in [0.717, 1.165) is 37.5 Å². The number of benzene rings is 1. The van der Waals surface area contributed by atoms with Crippen LogP contribution in [0.1, 0.15) is 39.2 Å². The molecule has 1 aromatic carbocycles. The predicted molar refractivity (Wildman–Crippen MR) is 129 cm³/mol. The Morgan fingerprint density at radius 2 is 1.66 bits per heavy atom. The average molecular weight is 523 g/mol. The molecule has 1 atom stereocenters. The first-order valence-electron chi connectivity index (χ1n) is 9.90. The van der Waals surface area contributed by atoms with Crippen molar-refractivity contribution >= 4 is 29.9 Å². The number of aliphatic hydroxyl groups is 1. The van der Waals surface area contributed by atoms with E-state index in [2.05, 4.69) is 24.5 Å². The highest BCUT2D eigenvalue weighted by atomic mass is 127. The highest BCUT2D eigenvalue weighted by molar-refractivity contribution is 14.0. The first-order chi connectivity index (χ1) is 13.5. The van der Waals surface area contributed by atoms with Gasteiger partial charge in [-0.1, -0.05) is 13.8 Å². The number of hydrogen-bond acceptors (Lipinski definition) is 5. The fraction of sp³-hybridized carbons (Fsp3) is 0.667. The van der Waals surface area contributed by atoms with Crippen molar-refractivity contribution in [1.82, 2.24) is 10.6 Å². The van der Waals surface area contributed by atoms with Gasteiger partial charge < -0.3 is 30.0 Å². The first-order valence-corrected chi connectivity index (χ1v) is 9.90. The Hall–Kier alpha value is -1.42. The molecule has 168 valence electrons. The lowest BCUT2D eigenvalue weighted by atomic mass is 9.94. The Labute approximate surface area is 192 Å². The van der Waals surface area contributed by atoms with E-state index in [1.54, 1.807) is 21.3 Å². The molecule has 0 saturated heterocycles. The third-order valence-electron chi connectivity index (χ3n) is 4.44. The van der Waals surface area contributed by atoms with Crippen molar-refractivity contribution < 1.29 is 19.3 Å². The minimum absolute atomic E-state index is 0. The van der Waals surface area contributed by atoms with Gasteiger partial charge in [-0.2, -0.15) is 0 Å². The molecule has 8 heteroatoms. The van der Waals surface area contributed by atoms with Crippen molar-refractivity contribution in [3.63, 3.8) is 0 Å². The number of rotatable bonds is 12. The van der Waals surface area contributed by atoms with Crippen molar-refractivity contribution in [3.8, 4) is 17.2 Å². The van der Waals surface area contributed by atoms with Crippen LogP contribution in [-0.2, 0) is 6.54 Å². The van der Waals surface area contributed by atoms with E-state index in [9.17, 15) is 5.11 Å². The van der Waals surface area contributed by atoms with Gasteiger partial charge in [0.2, 0.25) is 0 Å². The topological polar surface area (TPSA) is 84.3 Å². The normalized spacial score (nSPS) is 12.2. The average Bonchev–Trinajstić information content (AvgIpc) is 2.68. The zero-order valence-electron chi connectivity index (χ0n) is 18.6. The molecular weight excluding hydrogens is 485 g/mol. The fourth-order valence-corrected chi connectivity index (χ4v) is 3.12. The monoisotopic (exact) mass is 523 g/mol. The highest BCUT2D eigenvalue weighted by Crippen LogP contribution is 2.34. The molecule has 0 amide bonds. The molecule has 0 spiro atoms. The summed E-state index contributed by atoms with van der Waals surface area (Å²) in [6.45, 7) is 8.62. The molecule has 1 aromatic rings. The first kappa shape index (κ1) is 27.6. The number of nitrogens with zero attached hydrogens (tertiary/aromatic N) is 1. The minimum atomic E-state index is 0. The van der Waals surface area contributed by atoms with E-state index in [0.29, 0.717) is 35.6 Å². The Kier molecular flexibility index (Phi) is 14.7. The van der Waals surface area contributed by atoms with Crippen molar-refractivity contribution in [2.24, 2.45) is 16.8 Å². The van der Waals surface area contributed by atoms with Gasteiger partial charge >= 0.3 is 0 Å². The zero-order valence-corrected chi connectivity index (χ0v) is 20.9. The van der Waals surface area contributed by atoms with Crippen molar-refractivity contribution in [2.75, 3.05) is 41.0 Å². The lowest BCUT2D eigenvalue weighted by molar-refractivity contribution is 0.243. The Morgan fingerprint density at radius 1 is 1.03 bits per heavy atom. The number of methoxy groups -OCH3 is 3. The summed E-state index contributed by atoms with van der Waals surface area (Å²) in [6.07, 6.45) is 1.85. The zero-order chi connectivity index (χ0) is 20.9. The standard InChI is InChI=1S/C21H37N3O4.HI/c1-7-22-21(23-13-16(8-9-25)10-15(2)3)24-14-17-11-19(27-5)20(28-6)12-18(17)26-4;/h11-12,15-16,25H,7-10,13-14H2,1-6H3,(H2,22,23,24);1H. The van der Waals surface area contributed by atoms with Crippen LogP contribution in [-0.4, -0.2) is 52.1 Å². The number of aliphatic hydroxyl groups excluding tert-OH is 1. The van der Waals surface area contributed by atoms with Crippen LogP contribution >= 0.6 is 24.0 Å². The van der Waals surface area contributed by atoms with Crippen molar-refractivity contribution in [1.29, 1.82) is 0 Å². The van der Waals surface area contributed by atoms with Crippen LogP contribution in [0, 0.1) is 11.8 Å². The molecule has 0 fully saturated rings. The van der Waals surface area contributed by atoms with Crippen molar-refractivity contribution in [3.05, 3.63) is 17.7 Å². The Morgan fingerprint density at radius 3 is 2.17 bits per heavy atom. The summed E-state index contributed by atoms with van der Waals surface area (Å²) in [7, 11) is 4.84. The van der Waals surface area contributed by atoms with E-state index in [1.165, 1.54) is 0 Å². The third kappa shape index (κ3) is 9.75. The molecule has 29 heavy (non-hydrogen) atoms. The summed E-state index contributed by atoms with van der Waals surface area (Å²) in [5.41, 5.74) is 0.909. The van der Waals surface area contributed by atoms with Crippen LogP contribution in [0.3, 0.4) is 0 Å². The number of guanidine groups is 1. The molecule has 7 nitrogen and oxygen atoms in total. The molecule has 3 N–H and O–H groups in total. The molecule has 1 unspecified atom stereocenters. The summed E-state index contributed by atoms with van der Waals surface area (Å²) < 4.78 is 16.2. The van der Waals surface area contributed by atoms with Crippen LogP contribution in [0.25, 0.3) is 0 Å². The quantitative estimate of drug-likeness (QED) is 0.221. The molecule has 1 rings (SSSR count). The summed E-state index contributed by atoms with van der Waals surface area (Å²) >= 11 is 0. The van der Waals surface area contributed by atoms with Gasteiger partial charge in [0, 0.05) is 31.3 Å². The van der Waals surface area contributed by atoms with Gasteiger partial charge in [0.1, 0.15) is 5.75 Å². The van der Waals surface area contributed by atoms with Crippen LogP contribution in [0.5, 0.6) is 17.2 Å². The lowest BCUT2D eigenvalue weighted by Crippen LogP contribution is -2.40. The van der Waals surface area contributed by atoms with E-state index in [1.807, 2.05) is 19.1 Å². The van der Waals surface area contributed by atoms with Crippen LogP contribution in [0.2, 0.25) is 0 Å². The van der Waals surface area contributed by atoms with Gasteiger partial charge in [-0.25, -0.2) is 4.99 Å². The van der Waals surface area contributed by atoms with Gasteiger partial charge in [-0.05, 0) is 37.7 Å². The molecule has 0 heterocycles. The molecule has 0 aliphatic carbocycles. The summed E-state index contributed by atoms with van der Waals surface area (Å²) in [5, 5.41) is 16.0. The molecule has 0 radical (unpaired) electrons. The number of halogens is 1. The summed E-state index contributed by atoms with van der Waals surface area (Å²) in [4.78, 5) is 4.69. The van der Waals surface area contributed by atoms with Gasteiger partial charge in [-0.3, -0.25) is 0 Å². The summed E-state index contributed by atoms with van der Waals surface area (Å²) in [6, 6.07) is 3.70. The number of hydrogen-bond donors (Lipinski definition) is 3. The molecule has 0 saturated carbocycles. The van der Waals surface area contributed by atoms with E-state index in [4.69, 9.17) is 19.2 Å². The predicted octanol–water partition coefficient (Wildman–Crippen LogP) is 3.43. The molecule has 0 aromatic heterocycles. The van der Waals surface area contributed by atoms with Crippen LogP contribution < -0.4 is 24.8 Å². The third-order valence-corrected chi connectivity index (χ3v) is 4.44. The summed E-state index contributed by atoms with van der Waals surface area (Å²) in [5.74, 6) is 3.71. The number of ether oxygens (including phenoxy) is 3.